The zero-order valence-corrected chi connectivity index (χ0v) is 12.6. The molecule has 1 aromatic carbocycles. The second kappa shape index (κ2) is 5.65. The molecule has 20 heavy (non-hydrogen) atoms. The minimum Gasteiger partial charge on any atom is -0.494 e. The van der Waals surface area contributed by atoms with Crippen LogP contribution in [0.4, 0.5) is 0 Å². The largest absolute Gasteiger partial charge is 0.494 e. The van der Waals surface area contributed by atoms with E-state index >= 15 is 0 Å². The first kappa shape index (κ1) is 13.7. The van der Waals surface area contributed by atoms with Crippen LogP contribution in [0.15, 0.2) is 18.2 Å². The Hall–Kier alpha value is -1.22. The van der Waals surface area contributed by atoms with Gasteiger partial charge < -0.3 is 14.8 Å². The van der Waals surface area contributed by atoms with Gasteiger partial charge in [-0.3, -0.25) is 0 Å². The standard InChI is InChI=1S/C17H25NO2/c1-3-19-13-7-8-14-15(18-2)12-17(20-16(14)11-13)9-5-4-6-10-17/h7-8,11,15,18H,3-6,9-10,12H2,1-2H3. The quantitative estimate of drug-likeness (QED) is 0.909. The summed E-state index contributed by atoms with van der Waals surface area (Å²) < 4.78 is 12.1. The fourth-order valence-electron chi connectivity index (χ4n) is 3.66. The topological polar surface area (TPSA) is 30.5 Å². The highest BCUT2D eigenvalue weighted by Gasteiger charge is 2.41. The third kappa shape index (κ3) is 2.51. The number of rotatable bonds is 3. The first-order valence-corrected chi connectivity index (χ1v) is 7.89. The molecule has 1 fully saturated rings. The van der Waals surface area contributed by atoms with E-state index in [4.69, 9.17) is 9.47 Å². The second-order valence-electron chi connectivity index (χ2n) is 6.02. The third-order valence-electron chi connectivity index (χ3n) is 4.69. The van der Waals surface area contributed by atoms with Crippen LogP contribution < -0.4 is 14.8 Å². The second-order valence-corrected chi connectivity index (χ2v) is 6.02. The van der Waals surface area contributed by atoms with Gasteiger partial charge >= 0.3 is 0 Å². The van der Waals surface area contributed by atoms with Crippen molar-refractivity contribution in [1.29, 1.82) is 0 Å². The molecule has 3 nitrogen and oxygen atoms in total. The smallest absolute Gasteiger partial charge is 0.128 e. The lowest BCUT2D eigenvalue weighted by Gasteiger charge is -2.44. The molecule has 110 valence electrons. The number of hydrogen-bond acceptors (Lipinski definition) is 3. The average Bonchev–Trinajstić information content (AvgIpc) is 2.47. The summed E-state index contributed by atoms with van der Waals surface area (Å²) in [5.74, 6) is 1.93. The van der Waals surface area contributed by atoms with Gasteiger partial charge in [-0.1, -0.05) is 12.5 Å². The highest BCUT2D eigenvalue weighted by molar-refractivity contribution is 5.44. The summed E-state index contributed by atoms with van der Waals surface area (Å²) in [5.41, 5.74) is 1.32. The number of fused-ring (bicyclic) bond motifs is 1. The Morgan fingerprint density at radius 3 is 2.80 bits per heavy atom. The lowest BCUT2D eigenvalue weighted by molar-refractivity contribution is -0.00196. The average molecular weight is 275 g/mol. The molecule has 3 heteroatoms. The molecule has 0 bridgehead atoms. The number of benzene rings is 1. The summed E-state index contributed by atoms with van der Waals surface area (Å²) in [7, 11) is 2.05. The maximum Gasteiger partial charge on any atom is 0.128 e. The van der Waals surface area contributed by atoms with Gasteiger partial charge in [-0.25, -0.2) is 0 Å². The summed E-state index contributed by atoms with van der Waals surface area (Å²) >= 11 is 0. The van der Waals surface area contributed by atoms with Crippen molar-refractivity contribution in [3.63, 3.8) is 0 Å². The minimum atomic E-state index is 0.0454. The van der Waals surface area contributed by atoms with Gasteiger partial charge in [0.05, 0.1) is 6.61 Å². The van der Waals surface area contributed by atoms with Crippen LogP contribution in [0.5, 0.6) is 11.5 Å². The normalized spacial score (nSPS) is 24.0. The zero-order chi connectivity index (χ0) is 14.0. The monoisotopic (exact) mass is 275 g/mol. The van der Waals surface area contributed by atoms with Crippen LogP contribution in [0.1, 0.15) is 57.1 Å². The summed E-state index contributed by atoms with van der Waals surface area (Å²) in [6.07, 6.45) is 7.38. The van der Waals surface area contributed by atoms with Gasteiger partial charge in [0, 0.05) is 24.1 Å². The van der Waals surface area contributed by atoms with Crippen molar-refractivity contribution in [3.8, 4) is 11.5 Å². The van der Waals surface area contributed by atoms with E-state index in [2.05, 4.69) is 23.5 Å². The van der Waals surface area contributed by atoms with Crippen LogP contribution in [-0.4, -0.2) is 19.3 Å². The molecule has 1 aliphatic heterocycles. The van der Waals surface area contributed by atoms with Crippen LogP contribution in [-0.2, 0) is 0 Å². The lowest BCUT2D eigenvalue weighted by atomic mass is 9.77. The third-order valence-corrected chi connectivity index (χ3v) is 4.69. The highest BCUT2D eigenvalue weighted by Crippen LogP contribution is 2.46. The van der Waals surface area contributed by atoms with E-state index in [9.17, 15) is 0 Å². The van der Waals surface area contributed by atoms with Gasteiger partial charge in [-0.15, -0.1) is 0 Å². The van der Waals surface area contributed by atoms with Crippen LogP contribution in [0.2, 0.25) is 0 Å². The van der Waals surface area contributed by atoms with Crippen molar-refractivity contribution in [2.24, 2.45) is 0 Å². The van der Waals surface area contributed by atoms with Crippen molar-refractivity contribution < 1.29 is 9.47 Å². The molecule has 1 unspecified atom stereocenters. The Labute approximate surface area is 121 Å². The van der Waals surface area contributed by atoms with E-state index in [1.54, 1.807) is 0 Å². The van der Waals surface area contributed by atoms with E-state index in [0.717, 1.165) is 17.9 Å². The molecule has 1 heterocycles. The molecule has 1 spiro atoms. The van der Waals surface area contributed by atoms with E-state index < -0.39 is 0 Å². The van der Waals surface area contributed by atoms with E-state index in [1.165, 1.54) is 37.7 Å². The van der Waals surface area contributed by atoms with E-state index in [-0.39, 0.29) is 5.60 Å². The fraction of sp³-hybridized carbons (Fsp3) is 0.647. The Balaban J connectivity index is 1.92. The maximum absolute atomic E-state index is 6.46. The number of hydrogen-bond donors (Lipinski definition) is 1. The van der Waals surface area contributed by atoms with E-state index in [0.29, 0.717) is 12.6 Å². The molecule has 1 N–H and O–H groups in total. The van der Waals surface area contributed by atoms with E-state index in [1.807, 2.05) is 14.0 Å². The zero-order valence-electron chi connectivity index (χ0n) is 12.6. The predicted octanol–water partition coefficient (Wildman–Crippen LogP) is 3.83. The maximum atomic E-state index is 6.46. The molecule has 1 atom stereocenters. The first-order chi connectivity index (χ1) is 9.76. The van der Waals surface area contributed by atoms with Crippen molar-refractivity contribution >= 4 is 0 Å². The molecule has 0 saturated heterocycles. The summed E-state index contributed by atoms with van der Waals surface area (Å²) in [4.78, 5) is 0. The van der Waals surface area contributed by atoms with Crippen LogP contribution in [0.3, 0.4) is 0 Å². The van der Waals surface area contributed by atoms with Crippen LogP contribution >= 0.6 is 0 Å². The first-order valence-electron chi connectivity index (χ1n) is 7.89. The van der Waals surface area contributed by atoms with Gasteiger partial charge in [0.1, 0.15) is 17.1 Å². The molecule has 1 aliphatic carbocycles. The molecule has 2 aliphatic rings. The Bertz CT molecular complexity index is 466. The van der Waals surface area contributed by atoms with Crippen LogP contribution in [0, 0.1) is 0 Å². The minimum absolute atomic E-state index is 0.0454. The predicted molar refractivity (Wildman–Crippen MR) is 80.5 cm³/mol. The van der Waals surface area contributed by atoms with Crippen molar-refractivity contribution in [2.45, 2.75) is 57.1 Å². The number of nitrogens with one attached hydrogen (secondary N) is 1. The molecule has 0 amide bonds. The number of ether oxygens (including phenoxy) is 2. The summed E-state index contributed by atoms with van der Waals surface area (Å²) in [5, 5.41) is 3.46. The molecule has 0 aromatic heterocycles. The SMILES string of the molecule is CCOc1ccc2c(c1)OC1(CCCCC1)CC2NC. The van der Waals surface area contributed by atoms with Gasteiger partial charge in [-0.05, 0) is 45.7 Å². The van der Waals surface area contributed by atoms with Gasteiger partial charge in [0.2, 0.25) is 0 Å². The molecule has 1 saturated carbocycles. The Morgan fingerprint density at radius 2 is 2.10 bits per heavy atom. The molecule has 1 aromatic rings. The molecular formula is C17H25NO2. The van der Waals surface area contributed by atoms with Crippen LogP contribution in [0.25, 0.3) is 0 Å². The van der Waals surface area contributed by atoms with Crippen molar-refractivity contribution in [3.05, 3.63) is 23.8 Å². The Kier molecular flexibility index (Phi) is 3.88. The van der Waals surface area contributed by atoms with Gasteiger partial charge in [0.25, 0.3) is 0 Å². The van der Waals surface area contributed by atoms with Gasteiger partial charge in [-0.2, -0.15) is 0 Å². The molecule has 0 radical (unpaired) electrons. The van der Waals surface area contributed by atoms with Crippen molar-refractivity contribution in [1.82, 2.24) is 5.32 Å². The molecule has 3 rings (SSSR count). The van der Waals surface area contributed by atoms with Crippen molar-refractivity contribution in [2.75, 3.05) is 13.7 Å². The lowest BCUT2D eigenvalue weighted by Crippen LogP contribution is -2.45. The molecular weight excluding hydrogens is 250 g/mol. The fourth-order valence-corrected chi connectivity index (χ4v) is 3.66. The Morgan fingerprint density at radius 1 is 1.30 bits per heavy atom. The van der Waals surface area contributed by atoms with Gasteiger partial charge in [0.15, 0.2) is 0 Å². The highest BCUT2D eigenvalue weighted by atomic mass is 16.5. The summed E-state index contributed by atoms with van der Waals surface area (Å²) in [6.45, 7) is 2.71. The summed E-state index contributed by atoms with van der Waals surface area (Å²) in [6, 6.07) is 6.66.